The summed E-state index contributed by atoms with van der Waals surface area (Å²) in [5.74, 6) is 0.0947. The van der Waals surface area contributed by atoms with Crippen molar-refractivity contribution in [3.8, 4) is 0 Å². The zero-order valence-electron chi connectivity index (χ0n) is 18.8. The van der Waals surface area contributed by atoms with Crippen molar-refractivity contribution in [2.45, 2.75) is 68.8 Å². The van der Waals surface area contributed by atoms with Crippen LogP contribution < -0.4 is 10.6 Å². The van der Waals surface area contributed by atoms with E-state index < -0.39 is 15.9 Å². The van der Waals surface area contributed by atoms with Gasteiger partial charge in [-0.3, -0.25) is 9.59 Å². The Morgan fingerprint density at radius 3 is 2.10 bits per heavy atom. The van der Waals surface area contributed by atoms with Crippen molar-refractivity contribution >= 4 is 27.3 Å². The van der Waals surface area contributed by atoms with Gasteiger partial charge in [-0.2, -0.15) is 0 Å². The molecule has 2 saturated carbocycles. The quantitative estimate of drug-likeness (QED) is 0.689. The predicted octanol–water partition coefficient (Wildman–Crippen LogP) is 2.59. The lowest BCUT2D eigenvalue weighted by atomic mass is 9.77. The summed E-state index contributed by atoms with van der Waals surface area (Å²) < 4.78 is 23.3. The van der Waals surface area contributed by atoms with Gasteiger partial charge >= 0.3 is 0 Å². The maximum atomic E-state index is 13.0. The number of benzene rings is 1. The molecule has 2 amide bonds. The first-order valence-corrected chi connectivity index (χ1v) is 13.2. The number of amides is 2. The van der Waals surface area contributed by atoms with Crippen LogP contribution in [0.4, 0.5) is 5.69 Å². The van der Waals surface area contributed by atoms with Crippen LogP contribution in [0, 0.1) is 11.8 Å². The summed E-state index contributed by atoms with van der Waals surface area (Å²) >= 11 is 0. The minimum atomic E-state index is -3.27. The van der Waals surface area contributed by atoms with E-state index in [1.807, 2.05) is 11.8 Å². The van der Waals surface area contributed by atoms with Crippen molar-refractivity contribution in [1.29, 1.82) is 0 Å². The minimum absolute atomic E-state index is 0.0232. The lowest BCUT2D eigenvalue weighted by Gasteiger charge is -2.40. The second kappa shape index (κ2) is 9.69. The number of hydrogen-bond acceptors (Lipinski definition) is 5. The molecule has 0 saturated heterocycles. The summed E-state index contributed by atoms with van der Waals surface area (Å²) in [6.07, 6.45) is 7.46. The van der Waals surface area contributed by atoms with Crippen LogP contribution in [0.5, 0.6) is 0 Å². The Balaban J connectivity index is 1.55. The lowest BCUT2D eigenvalue weighted by Crippen LogP contribution is -2.53. The molecule has 1 aromatic carbocycles. The number of nitrogens with zero attached hydrogens (tertiary/aromatic N) is 2. The van der Waals surface area contributed by atoms with Gasteiger partial charge in [-0.25, -0.2) is 8.42 Å². The molecule has 0 aliphatic heterocycles. The normalized spacial score (nSPS) is 23.0. The van der Waals surface area contributed by atoms with Gasteiger partial charge in [0.05, 0.1) is 10.9 Å². The van der Waals surface area contributed by atoms with Gasteiger partial charge in [-0.05, 0) is 82.1 Å². The average Bonchev–Trinajstić information content (AvgIpc) is 2.73. The maximum Gasteiger partial charge on any atom is 0.240 e. The van der Waals surface area contributed by atoms with Crippen LogP contribution in [0.1, 0.15) is 51.9 Å². The van der Waals surface area contributed by atoms with Gasteiger partial charge in [0.25, 0.3) is 0 Å². The van der Waals surface area contributed by atoms with Gasteiger partial charge in [0.15, 0.2) is 9.84 Å². The SMILES string of the molecule is CCN(C(=O)[C@@H](N)C1CCC(C(=O)N(C)c2ccc(S(C)(=O)=O)cc2)CC1)C1CCC1. The molecule has 0 spiro atoms. The fraction of sp³-hybridized carbons (Fsp3) is 0.652. The number of nitrogens with two attached hydrogens (primary N) is 1. The molecule has 8 heteroatoms. The van der Waals surface area contributed by atoms with Crippen LogP contribution in [0.2, 0.25) is 0 Å². The molecule has 2 fully saturated rings. The first-order chi connectivity index (χ1) is 14.6. The summed E-state index contributed by atoms with van der Waals surface area (Å²) in [7, 11) is -1.55. The zero-order chi connectivity index (χ0) is 22.8. The molecule has 1 aromatic rings. The van der Waals surface area contributed by atoms with Crippen LogP contribution in [0.25, 0.3) is 0 Å². The Labute approximate surface area is 185 Å². The van der Waals surface area contributed by atoms with Crippen LogP contribution in [0.15, 0.2) is 29.2 Å². The molecular weight excluding hydrogens is 414 g/mol. The molecule has 0 heterocycles. The number of carbonyl (C=O) groups excluding carboxylic acids is 2. The van der Waals surface area contributed by atoms with Crippen molar-refractivity contribution in [2.24, 2.45) is 17.6 Å². The first kappa shape index (κ1) is 23.7. The molecular formula is C23H35N3O4S. The molecule has 2 N–H and O–H groups in total. The van der Waals surface area contributed by atoms with Crippen LogP contribution in [-0.4, -0.2) is 57.1 Å². The molecule has 0 unspecified atom stereocenters. The molecule has 172 valence electrons. The summed E-state index contributed by atoms with van der Waals surface area (Å²) in [5.41, 5.74) is 7.04. The summed E-state index contributed by atoms with van der Waals surface area (Å²) in [6, 6.07) is 6.24. The molecule has 7 nitrogen and oxygen atoms in total. The third-order valence-corrected chi connectivity index (χ3v) is 8.16. The summed E-state index contributed by atoms with van der Waals surface area (Å²) in [4.78, 5) is 29.7. The number of rotatable bonds is 7. The zero-order valence-corrected chi connectivity index (χ0v) is 19.6. The van der Waals surface area contributed by atoms with Crippen LogP contribution in [-0.2, 0) is 19.4 Å². The second-order valence-corrected chi connectivity index (χ2v) is 11.0. The molecule has 0 aromatic heterocycles. The topological polar surface area (TPSA) is 101 Å². The second-order valence-electron chi connectivity index (χ2n) is 9.01. The van der Waals surface area contributed by atoms with Gasteiger partial charge in [-0.15, -0.1) is 0 Å². The smallest absolute Gasteiger partial charge is 0.240 e. The molecule has 1 atom stereocenters. The van der Waals surface area contributed by atoms with Crippen molar-refractivity contribution in [1.82, 2.24) is 4.90 Å². The molecule has 2 aliphatic rings. The lowest BCUT2D eigenvalue weighted by molar-refractivity contribution is -0.138. The summed E-state index contributed by atoms with van der Waals surface area (Å²) in [6.45, 7) is 2.71. The maximum absolute atomic E-state index is 13.0. The van der Waals surface area contributed by atoms with E-state index in [1.54, 1.807) is 24.1 Å². The van der Waals surface area contributed by atoms with E-state index in [9.17, 15) is 18.0 Å². The van der Waals surface area contributed by atoms with E-state index in [0.717, 1.165) is 31.9 Å². The van der Waals surface area contributed by atoms with Crippen molar-refractivity contribution in [3.05, 3.63) is 24.3 Å². The van der Waals surface area contributed by atoms with Crippen LogP contribution >= 0.6 is 0 Å². The third kappa shape index (κ3) is 5.29. The van der Waals surface area contributed by atoms with E-state index in [0.29, 0.717) is 31.1 Å². The van der Waals surface area contributed by atoms with Gasteiger partial charge in [0.1, 0.15) is 0 Å². The first-order valence-electron chi connectivity index (χ1n) is 11.3. The third-order valence-electron chi connectivity index (χ3n) is 7.04. The van der Waals surface area contributed by atoms with Crippen molar-refractivity contribution in [2.75, 3.05) is 24.7 Å². The van der Waals surface area contributed by atoms with E-state index in [4.69, 9.17) is 5.73 Å². The van der Waals surface area contributed by atoms with Gasteiger partial charge in [0, 0.05) is 37.5 Å². The Hall–Kier alpha value is -1.93. The van der Waals surface area contributed by atoms with Crippen LogP contribution in [0.3, 0.4) is 0 Å². The standard InChI is InChI=1S/C23H35N3O4S/c1-4-26(19-6-5-7-19)23(28)21(24)16-8-10-17(11-9-16)22(27)25(2)18-12-14-20(15-13-18)31(3,29)30/h12-17,19,21H,4-11,24H2,1-3H3/t16?,17?,21-/m0/s1. The van der Waals surface area contributed by atoms with Crippen molar-refractivity contribution in [3.63, 3.8) is 0 Å². The Bertz CT molecular complexity index is 888. The Morgan fingerprint density at radius 1 is 1.06 bits per heavy atom. The largest absolute Gasteiger partial charge is 0.339 e. The molecule has 31 heavy (non-hydrogen) atoms. The predicted molar refractivity (Wildman–Crippen MR) is 121 cm³/mol. The average molecular weight is 450 g/mol. The highest BCUT2D eigenvalue weighted by atomic mass is 32.2. The number of likely N-dealkylation sites (N-methyl/N-ethyl adjacent to an activating group) is 1. The van der Waals surface area contributed by atoms with Gasteiger partial charge < -0.3 is 15.5 Å². The minimum Gasteiger partial charge on any atom is -0.339 e. The fourth-order valence-electron chi connectivity index (χ4n) is 4.73. The Morgan fingerprint density at radius 2 is 1.65 bits per heavy atom. The number of hydrogen-bond donors (Lipinski definition) is 1. The fourth-order valence-corrected chi connectivity index (χ4v) is 5.36. The number of anilines is 1. The number of carbonyl (C=O) groups is 2. The highest BCUT2D eigenvalue weighted by molar-refractivity contribution is 7.90. The molecule has 0 radical (unpaired) electrons. The van der Waals surface area contributed by atoms with E-state index in [1.165, 1.54) is 18.6 Å². The highest BCUT2D eigenvalue weighted by Gasteiger charge is 2.37. The van der Waals surface area contributed by atoms with E-state index >= 15 is 0 Å². The van der Waals surface area contributed by atoms with Crippen molar-refractivity contribution < 1.29 is 18.0 Å². The Kier molecular flexibility index (Phi) is 7.42. The van der Waals surface area contributed by atoms with Gasteiger partial charge in [0.2, 0.25) is 11.8 Å². The molecule has 0 bridgehead atoms. The van der Waals surface area contributed by atoms with E-state index in [-0.39, 0.29) is 28.5 Å². The van der Waals surface area contributed by atoms with E-state index in [2.05, 4.69) is 0 Å². The number of sulfone groups is 1. The molecule has 3 rings (SSSR count). The monoisotopic (exact) mass is 449 g/mol. The summed E-state index contributed by atoms with van der Waals surface area (Å²) in [5, 5.41) is 0. The van der Waals surface area contributed by atoms with Gasteiger partial charge in [-0.1, -0.05) is 0 Å². The molecule has 2 aliphatic carbocycles. The highest BCUT2D eigenvalue weighted by Crippen LogP contribution is 2.34.